The number of nitrogens with one attached hydrogen (secondary N) is 1. The number of aromatic amines is 1. The Hall–Kier alpha value is -3.42. The SMILES string of the molecule is COc1ccccc1CC(=O)N1CCC(n2c(=O)[nH]c3ncccc3c2=O)CC1. The molecule has 1 amide bonds. The summed E-state index contributed by atoms with van der Waals surface area (Å²) >= 11 is 0. The highest BCUT2D eigenvalue weighted by Gasteiger charge is 2.26. The van der Waals surface area contributed by atoms with E-state index in [0.717, 1.165) is 5.56 Å². The molecular weight excluding hydrogens is 372 g/mol. The Bertz CT molecular complexity index is 1160. The number of hydrogen-bond acceptors (Lipinski definition) is 5. The number of aromatic nitrogens is 3. The van der Waals surface area contributed by atoms with Crippen molar-refractivity contribution in [1.82, 2.24) is 19.4 Å². The van der Waals surface area contributed by atoms with E-state index in [9.17, 15) is 14.4 Å². The van der Waals surface area contributed by atoms with Gasteiger partial charge in [-0.1, -0.05) is 18.2 Å². The van der Waals surface area contributed by atoms with Crippen LogP contribution in [0.5, 0.6) is 5.75 Å². The van der Waals surface area contributed by atoms with Crippen molar-refractivity contribution in [3.63, 3.8) is 0 Å². The van der Waals surface area contributed by atoms with Crippen molar-refractivity contribution in [2.75, 3.05) is 20.2 Å². The molecule has 1 N–H and O–H groups in total. The van der Waals surface area contributed by atoms with E-state index in [-0.39, 0.29) is 23.9 Å². The third kappa shape index (κ3) is 3.65. The lowest BCUT2D eigenvalue weighted by Gasteiger charge is -2.32. The number of benzene rings is 1. The van der Waals surface area contributed by atoms with Gasteiger partial charge < -0.3 is 9.64 Å². The molecule has 0 atom stereocenters. The summed E-state index contributed by atoms with van der Waals surface area (Å²) in [4.78, 5) is 46.5. The predicted octanol–water partition coefficient (Wildman–Crippen LogP) is 1.50. The highest BCUT2D eigenvalue weighted by molar-refractivity contribution is 5.79. The molecule has 150 valence electrons. The fraction of sp³-hybridized carbons (Fsp3) is 0.333. The predicted molar refractivity (Wildman–Crippen MR) is 108 cm³/mol. The minimum atomic E-state index is -0.458. The zero-order chi connectivity index (χ0) is 20.4. The molecule has 1 fully saturated rings. The fourth-order valence-electron chi connectivity index (χ4n) is 3.89. The maximum atomic E-state index is 12.8. The summed E-state index contributed by atoms with van der Waals surface area (Å²) in [5.74, 6) is 0.704. The second-order valence-electron chi connectivity index (χ2n) is 7.11. The molecule has 1 aliphatic heterocycles. The quantitative estimate of drug-likeness (QED) is 0.723. The number of pyridine rings is 1. The van der Waals surface area contributed by atoms with Crippen LogP contribution in [-0.4, -0.2) is 45.5 Å². The van der Waals surface area contributed by atoms with Gasteiger partial charge in [0.15, 0.2) is 0 Å². The van der Waals surface area contributed by atoms with Gasteiger partial charge in [-0.25, -0.2) is 9.78 Å². The Morgan fingerprint density at radius 3 is 2.69 bits per heavy atom. The largest absolute Gasteiger partial charge is 0.496 e. The normalized spacial score (nSPS) is 14.9. The average molecular weight is 394 g/mol. The summed E-state index contributed by atoms with van der Waals surface area (Å²) in [6, 6.07) is 10.5. The molecule has 3 heterocycles. The summed E-state index contributed by atoms with van der Waals surface area (Å²) in [7, 11) is 1.59. The highest BCUT2D eigenvalue weighted by atomic mass is 16.5. The van der Waals surface area contributed by atoms with Gasteiger partial charge in [-0.15, -0.1) is 0 Å². The van der Waals surface area contributed by atoms with E-state index in [0.29, 0.717) is 42.7 Å². The lowest BCUT2D eigenvalue weighted by molar-refractivity contribution is -0.131. The van der Waals surface area contributed by atoms with Gasteiger partial charge in [-0.05, 0) is 31.0 Å². The summed E-state index contributed by atoms with van der Waals surface area (Å²) < 4.78 is 6.59. The van der Waals surface area contributed by atoms with E-state index >= 15 is 0 Å². The van der Waals surface area contributed by atoms with Gasteiger partial charge in [0.05, 0.1) is 18.9 Å². The number of piperidine rings is 1. The first-order chi connectivity index (χ1) is 14.1. The van der Waals surface area contributed by atoms with Gasteiger partial charge in [0, 0.05) is 30.9 Å². The Morgan fingerprint density at radius 1 is 1.17 bits per heavy atom. The number of nitrogens with zero attached hydrogens (tertiary/aromatic N) is 3. The number of H-pyrrole nitrogens is 1. The minimum absolute atomic E-state index is 0.0110. The molecule has 0 spiro atoms. The van der Waals surface area contributed by atoms with Crippen molar-refractivity contribution in [2.24, 2.45) is 0 Å². The van der Waals surface area contributed by atoms with Crippen LogP contribution in [0.3, 0.4) is 0 Å². The monoisotopic (exact) mass is 394 g/mol. The molecule has 1 aromatic carbocycles. The van der Waals surface area contributed by atoms with Crippen LogP contribution in [-0.2, 0) is 11.2 Å². The maximum absolute atomic E-state index is 12.8. The lowest BCUT2D eigenvalue weighted by Crippen LogP contribution is -2.45. The van der Waals surface area contributed by atoms with E-state index in [1.807, 2.05) is 24.3 Å². The summed E-state index contributed by atoms with van der Waals surface area (Å²) in [5.41, 5.74) is 0.343. The molecule has 0 saturated carbocycles. The molecule has 0 unspecified atom stereocenters. The topological polar surface area (TPSA) is 97.3 Å². The minimum Gasteiger partial charge on any atom is -0.496 e. The van der Waals surface area contributed by atoms with Crippen molar-refractivity contribution in [2.45, 2.75) is 25.3 Å². The van der Waals surface area contributed by atoms with Gasteiger partial charge in [-0.2, -0.15) is 0 Å². The summed E-state index contributed by atoms with van der Waals surface area (Å²) in [6.45, 7) is 0.991. The van der Waals surface area contributed by atoms with Gasteiger partial charge in [0.25, 0.3) is 5.56 Å². The Labute approximate surface area is 166 Å². The van der Waals surface area contributed by atoms with Crippen molar-refractivity contribution < 1.29 is 9.53 Å². The van der Waals surface area contributed by atoms with Gasteiger partial charge in [0.2, 0.25) is 5.91 Å². The van der Waals surface area contributed by atoms with Crippen molar-refractivity contribution in [3.05, 3.63) is 69.0 Å². The summed E-state index contributed by atoms with van der Waals surface area (Å²) in [6.07, 6.45) is 2.89. The van der Waals surface area contributed by atoms with Crippen LogP contribution in [0.25, 0.3) is 11.0 Å². The molecule has 4 rings (SSSR count). The molecule has 2 aromatic heterocycles. The number of methoxy groups -OCH3 is 1. The second-order valence-corrected chi connectivity index (χ2v) is 7.11. The van der Waals surface area contributed by atoms with Gasteiger partial charge in [-0.3, -0.25) is 19.1 Å². The van der Waals surface area contributed by atoms with Crippen LogP contribution in [0.4, 0.5) is 0 Å². The Morgan fingerprint density at radius 2 is 1.93 bits per heavy atom. The van der Waals surface area contributed by atoms with Crippen molar-refractivity contribution in [3.8, 4) is 5.75 Å². The zero-order valence-electron chi connectivity index (χ0n) is 16.1. The first-order valence-electron chi connectivity index (χ1n) is 9.57. The van der Waals surface area contributed by atoms with Crippen LogP contribution in [0.15, 0.2) is 52.2 Å². The second kappa shape index (κ2) is 7.90. The number of rotatable bonds is 4. The number of fused-ring (bicyclic) bond motifs is 1. The molecule has 1 aliphatic rings. The van der Waals surface area contributed by atoms with Crippen LogP contribution in [0.1, 0.15) is 24.4 Å². The molecule has 0 radical (unpaired) electrons. The average Bonchev–Trinajstić information content (AvgIpc) is 2.74. The van der Waals surface area contributed by atoms with Gasteiger partial charge in [0.1, 0.15) is 11.4 Å². The molecule has 1 saturated heterocycles. The number of ether oxygens (including phenoxy) is 1. The smallest absolute Gasteiger partial charge is 0.330 e. The maximum Gasteiger partial charge on any atom is 0.330 e. The van der Waals surface area contributed by atoms with E-state index in [1.54, 1.807) is 24.1 Å². The number of amides is 1. The molecule has 0 bridgehead atoms. The van der Waals surface area contributed by atoms with Crippen LogP contribution in [0.2, 0.25) is 0 Å². The third-order valence-corrected chi connectivity index (χ3v) is 5.42. The fourth-order valence-corrected chi connectivity index (χ4v) is 3.89. The standard InChI is InChI=1S/C21H22N4O4/c1-29-17-7-3-2-5-14(17)13-18(26)24-11-8-15(9-12-24)25-20(27)16-6-4-10-22-19(16)23-21(25)28/h2-7,10,15H,8-9,11-13H2,1H3,(H,22,23,28). The van der Waals surface area contributed by atoms with Crippen molar-refractivity contribution >= 4 is 16.9 Å². The van der Waals surface area contributed by atoms with E-state index in [4.69, 9.17) is 4.74 Å². The Kier molecular flexibility index (Phi) is 5.16. The van der Waals surface area contributed by atoms with Crippen LogP contribution >= 0.6 is 0 Å². The van der Waals surface area contributed by atoms with Crippen LogP contribution < -0.4 is 16.0 Å². The van der Waals surface area contributed by atoms with E-state index < -0.39 is 5.69 Å². The van der Waals surface area contributed by atoms with Gasteiger partial charge >= 0.3 is 5.69 Å². The molecule has 3 aromatic rings. The summed E-state index contributed by atoms with van der Waals surface area (Å²) in [5, 5.41) is 0.391. The van der Waals surface area contributed by atoms with Crippen LogP contribution in [0, 0.1) is 0 Å². The van der Waals surface area contributed by atoms with E-state index in [2.05, 4.69) is 9.97 Å². The number of hydrogen-bond donors (Lipinski definition) is 1. The molecule has 0 aliphatic carbocycles. The number of carbonyl (C=O) groups is 1. The molecule has 8 nitrogen and oxygen atoms in total. The lowest BCUT2D eigenvalue weighted by atomic mass is 10.0. The zero-order valence-corrected chi connectivity index (χ0v) is 16.1. The Balaban J connectivity index is 1.49. The van der Waals surface area contributed by atoms with Crippen molar-refractivity contribution in [1.29, 1.82) is 0 Å². The van der Waals surface area contributed by atoms with E-state index in [1.165, 1.54) is 10.8 Å². The first-order valence-corrected chi connectivity index (χ1v) is 9.57. The first kappa shape index (κ1) is 18.9. The number of para-hydroxylation sites is 1. The number of likely N-dealkylation sites (tertiary alicyclic amines) is 1. The number of carbonyl (C=O) groups excluding carboxylic acids is 1. The third-order valence-electron chi connectivity index (χ3n) is 5.42. The highest BCUT2D eigenvalue weighted by Crippen LogP contribution is 2.23. The molecular formula is C21H22N4O4. The molecule has 29 heavy (non-hydrogen) atoms. The molecule has 8 heteroatoms.